The lowest BCUT2D eigenvalue weighted by molar-refractivity contribution is -0.114. The minimum atomic E-state index is -0.128. The van der Waals surface area contributed by atoms with E-state index in [0.29, 0.717) is 11.7 Å². The Hall–Kier alpha value is -3.91. The van der Waals surface area contributed by atoms with Crippen LogP contribution in [0.2, 0.25) is 0 Å². The van der Waals surface area contributed by atoms with Gasteiger partial charge in [0.15, 0.2) is 5.11 Å². The Labute approximate surface area is 209 Å². The summed E-state index contributed by atoms with van der Waals surface area (Å²) in [5.74, 6) is 0.804. The van der Waals surface area contributed by atoms with E-state index < -0.39 is 0 Å². The predicted molar refractivity (Wildman–Crippen MR) is 140 cm³/mol. The number of furan rings is 1. The summed E-state index contributed by atoms with van der Waals surface area (Å²) in [6, 6.07) is 19.6. The van der Waals surface area contributed by atoms with E-state index in [1.807, 2.05) is 60.8 Å². The van der Waals surface area contributed by atoms with Gasteiger partial charge in [-0.2, -0.15) is 0 Å². The SMILES string of the molecule is CC(=O)Nc1ccc(N2C(=S)N[C@H](c3ccccn3)[C@@H]2c2cc(C)n(Cc3ccco3)c2C)cc1. The van der Waals surface area contributed by atoms with Crippen LogP contribution in [0.15, 0.2) is 77.5 Å². The van der Waals surface area contributed by atoms with Crippen LogP contribution in [-0.4, -0.2) is 20.6 Å². The first-order chi connectivity index (χ1) is 16.9. The van der Waals surface area contributed by atoms with Crippen LogP contribution in [-0.2, 0) is 11.3 Å². The highest BCUT2D eigenvalue weighted by molar-refractivity contribution is 7.80. The van der Waals surface area contributed by atoms with Crippen LogP contribution in [0.25, 0.3) is 0 Å². The van der Waals surface area contributed by atoms with Crippen molar-refractivity contribution in [3.05, 3.63) is 102 Å². The second kappa shape index (κ2) is 9.38. The molecule has 0 bridgehead atoms. The van der Waals surface area contributed by atoms with E-state index in [-0.39, 0.29) is 18.0 Å². The smallest absolute Gasteiger partial charge is 0.221 e. The van der Waals surface area contributed by atoms with Crippen molar-refractivity contribution in [3.8, 4) is 0 Å². The fourth-order valence-corrected chi connectivity index (χ4v) is 5.13. The topological polar surface area (TPSA) is 75.3 Å². The number of anilines is 2. The normalized spacial score (nSPS) is 17.5. The summed E-state index contributed by atoms with van der Waals surface area (Å²) in [7, 11) is 0. The quantitative estimate of drug-likeness (QED) is 0.362. The highest BCUT2D eigenvalue weighted by atomic mass is 32.1. The van der Waals surface area contributed by atoms with Gasteiger partial charge in [0.05, 0.1) is 30.6 Å². The lowest BCUT2D eigenvalue weighted by atomic mass is 9.96. The van der Waals surface area contributed by atoms with Crippen LogP contribution in [0.3, 0.4) is 0 Å². The predicted octanol–water partition coefficient (Wildman–Crippen LogP) is 5.28. The molecular formula is C27H27N5O2S. The first kappa shape index (κ1) is 22.9. The third kappa shape index (κ3) is 4.44. The average Bonchev–Trinajstić information content (AvgIpc) is 3.55. The summed E-state index contributed by atoms with van der Waals surface area (Å²) in [6.07, 6.45) is 3.51. The molecule has 4 aromatic rings. The van der Waals surface area contributed by atoms with E-state index in [1.165, 1.54) is 12.5 Å². The Morgan fingerprint density at radius 1 is 1.14 bits per heavy atom. The number of thiocarbonyl (C=S) groups is 1. The molecule has 1 amide bonds. The molecule has 3 aromatic heterocycles. The zero-order valence-corrected chi connectivity index (χ0v) is 20.7. The van der Waals surface area contributed by atoms with Crippen LogP contribution in [0.4, 0.5) is 11.4 Å². The van der Waals surface area contributed by atoms with Crippen molar-refractivity contribution in [2.75, 3.05) is 10.2 Å². The van der Waals surface area contributed by atoms with Gasteiger partial charge in [-0.25, -0.2) is 0 Å². The monoisotopic (exact) mass is 485 g/mol. The highest BCUT2D eigenvalue weighted by Crippen LogP contribution is 2.43. The molecule has 1 saturated heterocycles. The number of benzene rings is 1. The molecule has 178 valence electrons. The molecular weight excluding hydrogens is 458 g/mol. The zero-order chi connectivity index (χ0) is 24.5. The molecule has 1 aliphatic heterocycles. The summed E-state index contributed by atoms with van der Waals surface area (Å²) in [5, 5.41) is 6.97. The molecule has 1 aliphatic rings. The molecule has 0 unspecified atom stereocenters. The van der Waals surface area contributed by atoms with E-state index in [1.54, 1.807) is 6.26 Å². The van der Waals surface area contributed by atoms with Crippen molar-refractivity contribution < 1.29 is 9.21 Å². The third-order valence-corrected chi connectivity index (χ3v) is 6.70. The van der Waals surface area contributed by atoms with Gasteiger partial charge in [0.2, 0.25) is 5.91 Å². The van der Waals surface area contributed by atoms with E-state index in [2.05, 4.69) is 45.0 Å². The maximum atomic E-state index is 11.5. The van der Waals surface area contributed by atoms with E-state index >= 15 is 0 Å². The van der Waals surface area contributed by atoms with Crippen LogP contribution < -0.4 is 15.5 Å². The molecule has 4 heterocycles. The fraction of sp³-hybridized carbons (Fsp3) is 0.222. The molecule has 35 heavy (non-hydrogen) atoms. The van der Waals surface area contributed by atoms with Crippen molar-refractivity contribution in [3.63, 3.8) is 0 Å². The van der Waals surface area contributed by atoms with Gasteiger partial charge in [-0.1, -0.05) is 6.07 Å². The first-order valence-corrected chi connectivity index (χ1v) is 11.9. The van der Waals surface area contributed by atoms with Gasteiger partial charge in [-0.15, -0.1) is 0 Å². The number of nitrogens with one attached hydrogen (secondary N) is 2. The average molecular weight is 486 g/mol. The number of amides is 1. The van der Waals surface area contributed by atoms with Crippen molar-refractivity contribution >= 4 is 34.6 Å². The van der Waals surface area contributed by atoms with Gasteiger partial charge in [-0.3, -0.25) is 9.78 Å². The van der Waals surface area contributed by atoms with Gasteiger partial charge in [0, 0.05) is 35.9 Å². The lowest BCUT2D eigenvalue weighted by Gasteiger charge is -2.28. The maximum Gasteiger partial charge on any atom is 0.221 e. The second-order valence-electron chi connectivity index (χ2n) is 8.72. The summed E-state index contributed by atoms with van der Waals surface area (Å²) in [5.41, 5.74) is 6.07. The number of hydrogen-bond donors (Lipinski definition) is 2. The number of nitrogens with zero attached hydrogens (tertiary/aromatic N) is 3. The number of aryl methyl sites for hydroxylation is 1. The van der Waals surface area contributed by atoms with Crippen LogP contribution in [0, 0.1) is 13.8 Å². The lowest BCUT2D eigenvalue weighted by Crippen LogP contribution is -2.29. The summed E-state index contributed by atoms with van der Waals surface area (Å²) >= 11 is 5.85. The fourth-order valence-electron chi connectivity index (χ4n) is 4.79. The molecule has 7 nitrogen and oxygen atoms in total. The number of aromatic nitrogens is 2. The Balaban J connectivity index is 1.58. The Bertz CT molecular complexity index is 1350. The molecule has 1 aromatic carbocycles. The second-order valence-corrected chi connectivity index (χ2v) is 9.10. The molecule has 5 rings (SSSR count). The highest BCUT2D eigenvalue weighted by Gasteiger charge is 2.42. The van der Waals surface area contributed by atoms with Crippen molar-refractivity contribution in [1.82, 2.24) is 14.9 Å². The molecule has 8 heteroatoms. The molecule has 0 radical (unpaired) electrons. The standard InChI is InChI=1S/C27H27N5O2S/c1-17-15-23(18(2)31(17)16-22-7-6-14-34-22)26-25(24-8-4-5-13-28-24)30-27(35)32(26)21-11-9-20(10-12-21)29-19(3)33/h4-15,25-26H,16H2,1-3H3,(H,29,33)(H,30,35)/t25-,26+/m1/s1. The van der Waals surface area contributed by atoms with Crippen LogP contribution in [0.5, 0.6) is 0 Å². The number of pyridine rings is 1. The molecule has 1 fully saturated rings. The molecule has 2 N–H and O–H groups in total. The van der Waals surface area contributed by atoms with Crippen molar-refractivity contribution in [1.29, 1.82) is 0 Å². The van der Waals surface area contributed by atoms with Gasteiger partial charge >= 0.3 is 0 Å². The maximum absolute atomic E-state index is 11.5. The minimum Gasteiger partial charge on any atom is -0.467 e. The van der Waals surface area contributed by atoms with Gasteiger partial charge in [0.1, 0.15) is 5.76 Å². The first-order valence-electron chi connectivity index (χ1n) is 11.5. The van der Waals surface area contributed by atoms with E-state index in [9.17, 15) is 4.79 Å². The van der Waals surface area contributed by atoms with Gasteiger partial charge in [-0.05, 0) is 86.2 Å². The third-order valence-electron chi connectivity index (χ3n) is 6.39. The molecule has 0 aliphatic carbocycles. The number of hydrogen-bond acceptors (Lipinski definition) is 4. The Kier molecular flexibility index (Phi) is 6.13. The zero-order valence-electron chi connectivity index (χ0n) is 19.9. The largest absolute Gasteiger partial charge is 0.467 e. The number of rotatable bonds is 6. The van der Waals surface area contributed by atoms with Crippen molar-refractivity contribution in [2.45, 2.75) is 39.4 Å². The molecule has 2 atom stereocenters. The van der Waals surface area contributed by atoms with Gasteiger partial charge in [0.25, 0.3) is 0 Å². The Morgan fingerprint density at radius 2 is 1.94 bits per heavy atom. The summed E-state index contributed by atoms with van der Waals surface area (Å²) < 4.78 is 7.88. The van der Waals surface area contributed by atoms with Gasteiger partial charge < -0.3 is 24.5 Å². The van der Waals surface area contributed by atoms with E-state index in [4.69, 9.17) is 16.6 Å². The van der Waals surface area contributed by atoms with Crippen LogP contribution in [0.1, 0.15) is 47.4 Å². The van der Waals surface area contributed by atoms with E-state index in [0.717, 1.165) is 34.2 Å². The summed E-state index contributed by atoms with van der Waals surface area (Å²) in [4.78, 5) is 18.3. The number of carbonyl (C=O) groups is 1. The minimum absolute atomic E-state index is 0.104. The number of carbonyl (C=O) groups excluding carboxylic acids is 1. The van der Waals surface area contributed by atoms with Crippen molar-refractivity contribution in [2.24, 2.45) is 0 Å². The molecule has 0 saturated carbocycles. The summed E-state index contributed by atoms with van der Waals surface area (Å²) in [6.45, 7) is 6.41. The molecule has 0 spiro atoms. The van der Waals surface area contributed by atoms with Crippen LogP contribution >= 0.6 is 12.2 Å². The Morgan fingerprint density at radius 3 is 2.60 bits per heavy atom.